The lowest BCUT2D eigenvalue weighted by Gasteiger charge is -2.27. The molecule has 0 bridgehead atoms. The van der Waals surface area contributed by atoms with Gasteiger partial charge in [-0.25, -0.2) is 0 Å². The molecule has 3 atom stereocenters. The first kappa shape index (κ1) is 24.4. The van der Waals surface area contributed by atoms with Gasteiger partial charge in [-0.15, -0.1) is 0 Å². The topological polar surface area (TPSA) is 154 Å². The molecule has 27 heavy (non-hydrogen) atoms. The summed E-state index contributed by atoms with van der Waals surface area (Å²) in [7, 11) is 0. The summed E-state index contributed by atoms with van der Waals surface area (Å²) in [5.74, 6) is -5.41. The zero-order valence-corrected chi connectivity index (χ0v) is 16.4. The monoisotopic (exact) mass is 387 g/mol. The average molecular weight is 387 g/mol. The maximum absolute atomic E-state index is 12.5. The molecule has 0 rings (SSSR count). The molecule has 0 aliphatic heterocycles. The van der Waals surface area contributed by atoms with Gasteiger partial charge in [0.05, 0.1) is 25.6 Å². The van der Waals surface area contributed by atoms with E-state index in [1.54, 1.807) is 27.7 Å². The summed E-state index contributed by atoms with van der Waals surface area (Å²) in [6, 6.07) is -2.45. The fourth-order valence-electron chi connectivity index (χ4n) is 2.35. The molecule has 10 nitrogen and oxygen atoms in total. The number of hydrogen-bond donors (Lipinski definition) is 3. The van der Waals surface area contributed by atoms with Crippen LogP contribution in [0.15, 0.2) is 0 Å². The first-order valence-electron chi connectivity index (χ1n) is 8.74. The second kappa shape index (κ2) is 11.9. The largest absolute Gasteiger partial charge is 0.466 e. The molecular weight excluding hydrogens is 358 g/mol. The van der Waals surface area contributed by atoms with Crippen molar-refractivity contribution in [3.63, 3.8) is 0 Å². The minimum atomic E-state index is -1.50. The van der Waals surface area contributed by atoms with Crippen LogP contribution in [0.25, 0.3) is 0 Å². The van der Waals surface area contributed by atoms with E-state index < -0.39 is 54.1 Å². The lowest BCUT2D eigenvalue weighted by atomic mass is 9.94. The molecule has 0 spiro atoms. The summed E-state index contributed by atoms with van der Waals surface area (Å²) in [5, 5.41) is 4.82. The van der Waals surface area contributed by atoms with Gasteiger partial charge >= 0.3 is 11.9 Å². The Morgan fingerprint density at radius 2 is 1.48 bits per heavy atom. The Kier molecular flexibility index (Phi) is 10.7. The number of ether oxygens (including phenoxy) is 2. The van der Waals surface area contributed by atoms with Crippen molar-refractivity contribution in [3.8, 4) is 0 Å². The lowest BCUT2D eigenvalue weighted by molar-refractivity contribution is -0.157. The van der Waals surface area contributed by atoms with Crippen molar-refractivity contribution in [1.29, 1.82) is 0 Å². The van der Waals surface area contributed by atoms with Crippen molar-refractivity contribution in [2.45, 2.75) is 53.1 Å². The standard InChI is InChI=1S/C17H29N3O7/c1-6-26-12(22)8-11(17(25)27-7-2)14(15(18)23)20-16(24)13(9(3)4)19-10(5)21/h9,11,13-14H,6-8H2,1-5H3,(H2,18,23)(H,19,21)(H,20,24)/t11-,13+,14-/m0/s1. The van der Waals surface area contributed by atoms with Gasteiger partial charge in [-0.2, -0.15) is 0 Å². The van der Waals surface area contributed by atoms with Gasteiger partial charge in [0.1, 0.15) is 12.1 Å². The van der Waals surface area contributed by atoms with E-state index in [0.29, 0.717) is 0 Å². The molecule has 0 radical (unpaired) electrons. The second-order valence-corrected chi connectivity index (χ2v) is 6.18. The summed E-state index contributed by atoms with van der Waals surface area (Å²) in [6.07, 6.45) is -0.493. The summed E-state index contributed by atoms with van der Waals surface area (Å²) >= 11 is 0. The first-order valence-corrected chi connectivity index (χ1v) is 8.74. The average Bonchev–Trinajstić information content (AvgIpc) is 2.55. The van der Waals surface area contributed by atoms with Gasteiger partial charge in [0.25, 0.3) is 0 Å². The third-order valence-corrected chi connectivity index (χ3v) is 3.60. The number of carbonyl (C=O) groups excluding carboxylic acids is 5. The van der Waals surface area contributed by atoms with Gasteiger partial charge in [-0.05, 0) is 19.8 Å². The van der Waals surface area contributed by atoms with E-state index in [9.17, 15) is 24.0 Å². The van der Waals surface area contributed by atoms with Gasteiger partial charge < -0.3 is 25.8 Å². The van der Waals surface area contributed by atoms with Crippen molar-refractivity contribution < 1.29 is 33.4 Å². The third-order valence-electron chi connectivity index (χ3n) is 3.60. The smallest absolute Gasteiger partial charge is 0.312 e. The van der Waals surface area contributed by atoms with Crippen LogP contribution in [0.5, 0.6) is 0 Å². The van der Waals surface area contributed by atoms with E-state index in [1.165, 1.54) is 6.92 Å². The number of carbonyl (C=O) groups is 5. The molecule has 0 aromatic carbocycles. The van der Waals surface area contributed by atoms with Crippen molar-refractivity contribution in [1.82, 2.24) is 10.6 Å². The Bertz CT molecular complexity index is 563. The Morgan fingerprint density at radius 3 is 1.89 bits per heavy atom. The van der Waals surface area contributed by atoms with Crippen molar-refractivity contribution in [2.75, 3.05) is 13.2 Å². The van der Waals surface area contributed by atoms with E-state index in [0.717, 1.165) is 0 Å². The zero-order valence-electron chi connectivity index (χ0n) is 16.4. The van der Waals surface area contributed by atoms with E-state index in [1.807, 2.05) is 0 Å². The van der Waals surface area contributed by atoms with Crippen LogP contribution < -0.4 is 16.4 Å². The number of nitrogens with two attached hydrogens (primary N) is 1. The number of amides is 3. The predicted octanol–water partition coefficient (Wildman–Crippen LogP) is -0.750. The van der Waals surface area contributed by atoms with Crippen LogP contribution in [0.2, 0.25) is 0 Å². The molecule has 3 amide bonds. The second-order valence-electron chi connectivity index (χ2n) is 6.18. The highest BCUT2D eigenvalue weighted by Gasteiger charge is 2.38. The predicted molar refractivity (Wildman–Crippen MR) is 94.9 cm³/mol. The molecule has 4 N–H and O–H groups in total. The number of rotatable bonds is 11. The maximum Gasteiger partial charge on any atom is 0.312 e. The van der Waals surface area contributed by atoms with Crippen LogP contribution in [-0.2, 0) is 33.4 Å². The normalized spacial score (nSPS) is 13.9. The number of nitrogens with one attached hydrogen (secondary N) is 2. The summed E-state index contributed by atoms with van der Waals surface area (Å²) in [5.41, 5.74) is 5.35. The Labute approximate surface area is 158 Å². The zero-order chi connectivity index (χ0) is 21.1. The quantitative estimate of drug-likeness (QED) is 0.394. The van der Waals surface area contributed by atoms with Gasteiger partial charge in [0.15, 0.2) is 0 Å². The minimum Gasteiger partial charge on any atom is -0.466 e. The van der Waals surface area contributed by atoms with E-state index in [4.69, 9.17) is 15.2 Å². The third kappa shape index (κ3) is 8.52. The molecular formula is C17H29N3O7. The van der Waals surface area contributed by atoms with Gasteiger partial charge in [0, 0.05) is 6.92 Å². The molecule has 0 saturated carbocycles. The van der Waals surface area contributed by atoms with Crippen LogP contribution in [0.4, 0.5) is 0 Å². The SMILES string of the molecule is CCOC(=O)C[C@H](C(=O)OCC)[C@H](NC(=O)[C@H](NC(C)=O)C(C)C)C(N)=O. The Balaban J connectivity index is 5.58. The number of hydrogen-bond acceptors (Lipinski definition) is 7. The van der Waals surface area contributed by atoms with E-state index >= 15 is 0 Å². The first-order chi connectivity index (χ1) is 12.5. The van der Waals surface area contributed by atoms with Crippen LogP contribution in [0.1, 0.15) is 41.0 Å². The van der Waals surface area contributed by atoms with Crippen LogP contribution in [0.3, 0.4) is 0 Å². The molecule has 10 heteroatoms. The molecule has 0 aliphatic rings. The van der Waals surface area contributed by atoms with Crippen LogP contribution in [0, 0.1) is 11.8 Å². The fourth-order valence-corrected chi connectivity index (χ4v) is 2.35. The highest BCUT2D eigenvalue weighted by atomic mass is 16.5. The summed E-state index contributed by atoms with van der Waals surface area (Å²) in [4.78, 5) is 59.8. The molecule has 0 unspecified atom stereocenters. The van der Waals surface area contributed by atoms with Crippen molar-refractivity contribution >= 4 is 29.7 Å². The van der Waals surface area contributed by atoms with Gasteiger partial charge in [-0.3, -0.25) is 24.0 Å². The summed E-state index contributed by atoms with van der Waals surface area (Å²) in [6.45, 7) is 7.88. The number of primary amides is 1. The van der Waals surface area contributed by atoms with Crippen LogP contribution in [-0.4, -0.2) is 55.0 Å². The summed E-state index contributed by atoms with van der Waals surface area (Å²) < 4.78 is 9.70. The van der Waals surface area contributed by atoms with Crippen molar-refractivity contribution in [2.24, 2.45) is 17.6 Å². The van der Waals surface area contributed by atoms with Crippen LogP contribution >= 0.6 is 0 Å². The molecule has 0 fully saturated rings. The molecule has 154 valence electrons. The van der Waals surface area contributed by atoms with E-state index in [-0.39, 0.29) is 19.1 Å². The molecule has 0 heterocycles. The molecule has 0 aromatic heterocycles. The Hall–Kier alpha value is -2.65. The van der Waals surface area contributed by atoms with Crippen molar-refractivity contribution in [3.05, 3.63) is 0 Å². The Morgan fingerprint density at radius 1 is 0.926 bits per heavy atom. The molecule has 0 aromatic rings. The fraction of sp³-hybridized carbons (Fsp3) is 0.706. The van der Waals surface area contributed by atoms with Gasteiger partial charge in [-0.1, -0.05) is 13.8 Å². The number of esters is 2. The molecule has 0 aliphatic carbocycles. The lowest BCUT2D eigenvalue weighted by Crippen LogP contribution is -2.58. The van der Waals surface area contributed by atoms with E-state index in [2.05, 4.69) is 10.6 Å². The maximum atomic E-state index is 12.5. The minimum absolute atomic E-state index is 0.0120. The molecule has 0 saturated heterocycles. The highest BCUT2D eigenvalue weighted by Crippen LogP contribution is 2.15. The highest BCUT2D eigenvalue weighted by molar-refractivity contribution is 5.95. The van der Waals surface area contributed by atoms with Gasteiger partial charge in [0.2, 0.25) is 17.7 Å².